The van der Waals surface area contributed by atoms with Crippen LogP contribution in [-0.2, 0) is 0 Å². The second-order valence-electron chi connectivity index (χ2n) is 14.9. The topological polar surface area (TPSA) is 0 Å². The Labute approximate surface area is 285 Å². The minimum Gasteiger partial charge on any atom is -0.269 e. The van der Waals surface area contributed by atoms with E-state index in [1.807, 2.05) is 0 Å². The summed E-state index contributed by atoms with van der Waals surface area (Å²) in [6, 6.07) is 0. The highest BCUT2D eigenvalue weighted by molar-refractivity contribution is 5.42. The highest BCUT2D eigenvalue weighted by atomic mass is 19.3. The van der Waals surface area contributed by atoms with Gasteiger partial charge in [-0.25, -0.2) is 87.8 Å². The van der Waals surface area contributed by atoms with Gasteiger partial charge in [-0.2, -0.15) is 0 Å². The van der Waals surface area contributed by atoms with Crippen molar-refractivity contribution in [2.24, 2.45) is 32.5 Å². The normalized spacial score (nSPS) is 48.2. The number of rotatable bonds is 4. The molecule has 0 aromatic rings. The Kier molecular flexibility index (Phi) is 9.61. The van der Waals surface area contributed by atoms with E-state index in [0.717, 1.165) is 0 Å². The molecule has 0 nitrogen and oxygen atoms in total. The van der Waals surface area contributed by atoms with Crippen LogP contribution in [0.25, 0.3) is 0 Å². The molecular formula is C30H31F23. The van der Waals surface area contributed by atoms with Crippen molar-refractivity contribution in [3.8, 4) is 0 Å². The first kappa shape index (κ1) is 47.0. The zero-order valence-corrected chi connectivity index (χ0v) is 27.9. The van der Waals surface area contributed by atoms with Crippen molar-refractivity contribution in [2.45, 2.75) is 113 Å². The van der Waals surface area contributed by atoms with Crippen LogP contribution in [-0.4, -0.2) is 78.0 Å². The third-order valence-electron chi connectivity index (χ3n) is 12.8. The maximum atomic E-state index is 14.9. The van der Waals surface area contributed by atoms with E-state index in [1.165, 1.54) is 0 Å². The number of halogens is 23. The summed E-state index contributed by atoms with van der Waals surface area (Å²) in [5.41, 5.74) is -38.7. The summed E-state index contributed by atoms with van der Waals surface area (Å²) in [5.74, 6) is -52.8. The minimum absolute atomic E-state index is 0. The van der Waals surface area contributed by atoms with Crippen LogP contribution >= 0.6 is 0 Å². The van der Waals surface area contributed by atoms with E-state index in [4.69, 9.17) is 0 Å². The van der Waals surface area contributed by atoms with Gasteiger partial charge in [-0.3, -0.25) is 13.5 Å². The van der Waals surface area contributed by atoms with Crippen LogP contribution < -0.4 is 0 Å². The Bertz CT molecular complexity index is 1510. The number of allylic oxidation sites excluding steroid dienone is 2. The van der Waals surface area contributed by atoms with E-state index < -0.39 is 144 Å². The third-order valence-corrected chi connectivity index (χ3v) is 12.8. The SMILES string of the molecule is C=CC12C(F)(F)C(C)(F)C(F)(F)C(C)(C(F)(F)C(C)(CF)C1(F)F)C2(F)F.C=CC12CC(C)(F)C(F)(F)C(C)(C(F)(F)C(C)(CF)C1(F)F)C2(F)F.F. The predicted octanol–water partition coefficient (Wildman–Crippen LogP) is 12.1. The Morgan fingerprint density at radius 3 is 1.08 bits per heavy atom. The smallest absolute Gasteiger partial charge is 0.269 e. The number of hydrogen-bond donors (Lipinski definition) is 0. The molecule has 4 aliphatic carbocycles. The molecule has 0 saturated heterocycles. The van der Waals surface area contributed by atoms with Crippen LogP contribution in [0.4, 0.5) is 101 Å². The van der Waals surface area contributed by atoms with Crippen molar-refractivity contribution in [2.75, 3.05) is 13.3 Å². The molecule has 4 bridgehead atoms. The summed E-state index contributed by atoms with van der Waals surface area (Å²) in [4.78, 5) is 0. The molecule has 0 spiro atoms. The summed E-state index contributed by atoms with van der Waals surface area (Å²) in [5, 5.41) is 0. The Morgan fingerprint density at radius 1 is 0.415 bits per heavy atom. The zero-order valence-electron chi connectivity index (χ0n) is 27.9. The van der Waals surface area contributed by atoms with Crippen molar-refractivity contribution in [1.29, 1.82) is 0 Å². The average Bonchev–Trinajstić information content (AvgIpc) is 2.98. The Hall–Kier alpha value is -2.13. The van der Waals surface area contributed by atoms with Crippen molar-refractivity contribution in [1.82, 2.24) is 0 Å². The van der Waals surface area contributed by atoms with Crippen LogP contribution in [0.1, 0.15) is 48.0 Å². The van der Waals surface area contributed by atoms with Gasteiger partial charge < -0.3 is 0 Å². The van der Waals surface area contributed by atoms with Gasteiger partial charge in [-0.15, -0.1) is 13.2 Å². The lowest BCUT2D eigenvalue weighted by molar-refractivity contribution is -0.532. The van der Waals surface area contributed by atoms with E-state index in [2.05, 4.69) is 13.2 Å². The molecule has 4 rings (SSSR count). The van der Waals surface area contributed by atoms with Crippen LogP contribution in [0.15, 0.2) is 25.3 Å². The van der Waals surface area contributed by atoms with Gasteiger partial charge in [0.1, 0.15) is 29.6 Å². The summed E-state index contributed by atoms with van der Waals surface area (Å²) < 4.78 is 321. The van der Waals surface area contributed by atoms with Gasteiger partial charge in [0.15, 0.2) is 21.9 Å². The van der Waals surface area contributed by atoms with Gasteiger partial charge in [-0.05, 0) is 41.5 Å². The molecule has 4 aliphatic rings. The lowest BCUT2D eigenvalue weighted by Gasteiger charge is -2.71. The second kappa shape index (κ2) is 10.8. The summed E-state index contributed by atoms with van der Waals surface area (Å²) in [7, 11) is 0. The quantitative estimate of drug-likeness (QED) is 0.196. The van der Waals surface area contributed by atoms with Gasteiger partial charge in [0.05, 0.1) is 0 Å². The van der Waals surface area contributed by atoms with Crippen molar-refractivity contribution < 1.29 is 101 Å². The molecule has 8 unspecified atom stereocenters. The van der Waals surface area contributed by atoms with Crippen molar-refractivity contribution in [3.63, 3.8) is 0 Å². The largest absolute Gasteiger partial charge is 0.307 e. The molecule has 0 amide bonds. The maximum Gasteiger partial charge on any atom is 0.307 e. The highest BCUT2D eigenvalue weighted by Crippen LogP contribution is 2.86. The Morgan fingerprint density at radius 2 is 0.755 bits per heavy atom. The van der Waals surface area contributed by atoms with Crippen LogP contribution in [0, 0.1) is 32.5 Å². The van der Waals surface area contributed by atoms with Gasteiger partial charge in [0.2, 0.25) is 5.67 Å². The second-order valence-corrected chi connectivity index (χ2v) is 14.9. The molecule has 53 heavy (non-hydrogen) atoms. The summed E-state index contributed by atoms with van der Waals surface area (Å²) in [6.07, 6.45) is -3.30. The maximum absolute atomic E-state index is 14.9. The molecule has 0 aromatic carbocycles. The molecule has 23 heteroatoms. The molecule has 0 aliphatic heterocycles. The van der Waals surface area contributed by atoms with Crippen LogP contribution in [0.2, 0.25) is 0 Å². The van der Waals surface area contributed by atoms with Gasteiger partial charge in [-0.1, -0.05) is 12.2 Å². The monoisotopic (exact) mass is 828 g/mol. The van der Waals surface area contributed by atoms with E-state index in [9.17, 15) is 96.6 Å². The van der Waals surface area contributed by atoms with Gasteiger partial charge in [0.25, 0.3) is 41.5 Å². The van der Waals surface area contributed by atoms with E-state index >= 15 is 0 Å². The molecule has 4 saturated carbocycles. The fraction of sp³-hybridized carbons (Fsp3) is 0.867. The van der Waals surface area contributed by atoms with E-state index in [-0.39, 0.29) is 31.6 Å². The fourth-order valence-corrected chi connectivity index (χ4v) is 8.70. The van der Waals surface area contributed by atoms with Gasteiger partial charge in [0, 0.05) is 6.42 Å². The molecule has 0 N–H and O–H groups in total. The zero-order chi connectivity index (χ0) is 42.0. The number of fused-ring (bicyclic) bond motifs is 4. The standard InChI is InChI=1S/C15H14F12.C15H16F10.FH/c1-5-10-12(20,21)7(2,6-16)11(18,19)8(3,14(10,24)25)13(22,23)9(4,17)15(10,26)27;1-5-11-6-9(3,17)14(22,23)10(4,15(11,24)25)12(18,19)8(2,7-16)13(11,20)21;/h5H,1,6H2,2-4H3;5H,1,6-7H2,2-4H3;1H. The van der Waals surface area contributed by atoms with Crippen molar-refractivity contribution in [3.05, 3.63) is 25.3 Å². The molecule has 4 fully saturated rings. The first-order chi connectivity index (χ1) is 22.4. The summed E-state index contributed by atoms with van der Waals surface area (Å²) >= 11 is 0. The molecule has 0 aromatic heterocycles. The minimum atomic E-state index is -6.31. The predicted molar refractivity (Wildman–Crippen MR) is 140 cm³/mol. The lowest BCUT2D eigenvalue weighted by Crippen LogP contribution is -2.93. The highest BCUT2D eigenvalue weighted by Gasteiger charge is 3.07. The van der Waals surface area contributed by atoms with Crippen LogP contribution in [0.5, 0.6) is 0 Å². The van der Waals surface area contributed by atoms with Crippen LogP contribution in [0.3, 0.4) is 0 Å². The average molecular weight is 829 g/mol. The third kappa shape index (κ3) is 3.61. The molecule has 8 atom stereocenters. The first-order valence-electron chi connectivity index (χ1n) is 14.6. The number of hydrogen-bond acceptors (Lipinski definition) is 0. The summed E-state index contributed by atoms with van der Waals surface area (Å²) in [6.45, 7) is -2.68. The van der Waals surface area contributed by atoms with E-state index in [0.29, 0.717) is 0 Å². The number of alkyl halides is 22. The van der Waals surface area contributed by atoms with Gasteiger partial charge >= 0.3 is 11.8 Å². The Balaban J connectivity index is 0.000000361. The van der Waals surface area contributed by atoms with E-state index in [1.54, 1.807) is 0 Å². The molecule has 0 radical (unpaired) electrons. The molecular weight excluding hydrogens is 797 g/mol. The van der Waals surface area contributed by atoms with Crippen molar-refractivity contribution >= 4 is 0 Å². The first-order valence-corrected chi connectivity index (χ1v) is 14.6. The fourth-order valence-electron chi connectivity index (χ4n) is 8.70. The molecule has 0 heterocycles. The molecule has 312 valence electrons. The lowest BCUT2D eigenvalue weighted by atomic mass is 9.38.